The smallest absolute Gasteiger partial charge is 0.187 e. The van der Waals surface area contributed by atoms with Gasteiger partial charge in [-0.3, -0.25) is 0 Å². The van der Waals surface area contributed by atoms with E-state index in [4.69, 9.17) is 137 Å². The van der Waals surface area contributed by atoms with Crippen LogP contribution >= 0.6 is 0 Å². The molecule has 35 heteroatoms. The molecule has 0 aromatic heterocycles. The minimum atomic E-state index is -1.62. The largest absolute Gasteiger partial charge is 0.387 e. The second kappa shape index (κ2) is 40.9. The number of hydrogen-bond acceptors (Lipinski definition) is 35. The van der Waals surface area contributed by atoms with E-state index in [1.807, 2.05) is 6.08 Å². The molecule has 0 saturated carbocycles. The zero-order valence-electron chi connectivity index (χ0n) is 59.2. The van der Waals surface area contributed by atoms with E-state index < -0.39 is 215 Å². The summed E-state index contributed by atoms with van der Waals surface area (Å²) in [5.41, 5.74) is 0. The van der Waals surface area contributed by atoms with E-state index >= 15 is 0 Å². The Bertz CT molecular complexity index is 2240. The monoisotopic (exact) mass is 1440 g/mol. The molecule has 35 nitrogen and oxygen atoms in total. The highest BCUT2D eigenvalue weighted by molar-refractivity contribution is 5.03. The Labute approximate surface area is 578 Å². The van der Waals surface area contributed by atoms with Crippen LogP contribution in [0.25, 0.3) is 0 Å². The van der Waals surface area contributed by atoms with Crippen molar-refractivity contribution in [3.8, 4) is 0 Å². The quantitative estimate of drug-likeness (QED) is 0.0323. The average molecular weight is 1440 g/mol. The molecule has 21 aliphatic rings. The summed E-state index contributed by atoms with van der Waals surface area (Å²) in [4.78, 5) is 0. The van der Waals surface area contributed by atoms with Crippen LogP contribution in [0.1, 0.15) is 32.1 Å². The van der Waals surface area contributed by atoms with E-state index in [1.54, 1.807) is 0 Å². The van der Waals surface area contributed by atoms with Crippen LogP contribution in [0.5, 0.6) is 0 Å². The summed E-state index contributed by atoms with van der Waals surface area (Å²) in [6.07, 6.45) is -41.7. The molecule has 0 amide bonds. The van der Waals surface area contributed by atoms with Crippen molar-refractivity contribution in [2.75, 3.05) is 152 Å². The lowest BCUT2D eigenvalue weighted by Gasteiger charge is -2.52. The normalized spacial score (nSPS) is 45.7. The van der Waals surface area contributed by atoms with Crippen LogP contribution in [0.3, 0.4) is 0 Å². The molecule has 99 heavy (non-hydrogen) atoms. The van der Waals surface area contributed by atoms with Crippen molar-refractivity contribution < 1.29 is 168 Å². The highest BCUT2D eigenvalue weighted by Gasteiger charge is 2.61. The summed E-state index contributed by atoms with van der Waals surface area (Å²) in [5, 5.41) is 74.9. The lowest BCUT2D eigenvalue weighted by molar-refractivity contribution is -0.401. The molecular formula is C64H112O35. The van der Waals surface area contributed by atoms with Crippen molar-refractivity contribution in [3.63, 3.8) is 0 Å². The maximum absolute atomic E-state index is 12.6. The highest BCUT2D eigenvalue weighted by atomic mass is 16.8. The van der Waals surface area contributed by atoms with Gasteiger partial charge in [-0.15, -0.1) is 6.58 Å². The third kappa shape index (κ3) is 19.4. The van der Waals surface area contributed by atoms with Crippen molar-refractivity contribution in [2.45, 2.75) is 247 Å². The maximum atomic E-state index is 12.6. The standard InChI is InChI=1S/C64H112O35/c1-16-17-18-19-20-21-22-85-56-49-36(29-77-8)92-64(57(56)84-15)98-48-35(28-76-7)90-62(54(82-13)42(48)70)96-46-33(26-74-5)88-60(52(80-11)40(46)68)94-44-31(24-72-3)86-58(50(78-9)38(44)66)93-43-30(23-71-2)87-59(51(79-10)37(43)65)95-45-32(25-73-4)89-61(53(81-12)39(45)67)97-47-34(27-75-6)91-63(99-49)55(83-14)41(47)69/h16,30-70H,1,17-29H2,2-15H3/t30-,31-,32-,33-,34-,35-,36-,37+,38+,39+,40+,41+,42+,43-,44-,45-,46-,47-,48-,49-,50-,51-,52-,53-,54-,55-,56+,57-,58-,59-,60-,61-,62-,63-,64-/m1/s1. The SMILES string of the molecule is C=CCCCCCCO[C@@H]1[C@@H](OC)[C@H]2O[C@H]3[C@H](O)[C@@H](OC)[C@@H](O[C@H]4[C@H](O)[C@@H](OC)[C@@H](O[C@H]5[C@H](O)[C@@H](OC)[C@@H](O[C@H]6[C@H](O)[C@@H](OC)[C@@H](O[C@H]7[C@H](O)[C@@H](OC)[C@@H](O[C@H]8[C@H](O)[C@@H](OC)[C@@H](O[C@@H]1[C@@H](COC)O2)O[C@@H]8COC)O[C@@H]7COC)O[C@@H]6COC)O[C@@H]5COC)O[C@@H]4COC)O[C@@H]3COC. The van der Waals surface area contributed by atoms with Gasteiger partial charge in [0.15, 0.2) is 44.0 Å². The summed E-state index contributed by atoms with van der Waals surface area (Å²) < 4.78 is 182. The van der Waals surface area contributed by atoms with Gasteiger partial charge < -0.3 is 168 Å². The van der Waals surface area contributed by atoms with Crippen molar-refractivity contribution in [1.29, 1.82) is 0 Å². The van der Waals surface area contributed by atoms with Crippen molar-refractivity contribution in [2.24, 2.45) is 0 Å². The third-order valence-corrected chi connectivity index (χ3v) is 19.2. The van der Waals surface area contributed by atoms with E-state index in [0.717, 1.165) is 25.7 Å². The predicted molar refractivity (Wildman–Crippen MR) is 333 cm³/mol. The molecule has 21 rings (SSSR count). The number of methoxy groups -OCH3 is 14. The Morgan fingerprint density at radius 1 is 0.253 bits per heavy atom. The summed E-state index contributed by atoms with van der Waals surface area (Å²) in [5.74, 6) is 0. The first-order valence-corrected chi connectivity index (χ1v) is 33.6. The van der Waals surface area contributed by atoms with Crippen LogP contribution in [0.4, 0.5) is 0 Å². The van der Waals surface area contributed by atoms with Gasteiger partial charge in [-0.2, -0.15) is 0 Å². The Hall–Kier alpha value is -1.66. The Morgan fingerprint density at radius 2 is 0.455 bits per heavy atom. The fraction of sp³-hybridized carbons (Fsp3) is 0.969. The summed E-state index contributed by atoms with van der Waals surface area (Å²) in [7, 11) is 19.3. The maximum Gasteiger partial charge on any atom is 0.187 e. The molecule has 0 aromatic carbocycles. The first kappa shape index (κ1) is 83.0. The van der Waals surface area contributed by atoms with Crippen LogP contribution in [-0.2, 0) is 137 Å². The molecule has 14 bridgehead atoms. The number of aliphatic hydroxyl groups excluding tert-OH is 6. The topological polar surface area (TPSA) is 389 Å². The van der Waals surface area contributed by atoms with Gasteiger partial charge in [0.2, 0.25) is 0 Å². The molecule has 21 aliphatic heterocycles. The molecule has 0 aromatic rings. The van der Waals surface area contributed by atoms with E-state index in [1.165, 1.54) is 99.5 Å². The Kier molecular flexibility index (Phi) is 34.3. The van der Waals surface area contributed by atoms with Gasteiger partial charge in [-0.05, 0) is 19.3 Å². The molecule has 0 radical (unpaired) electrons. The molecule has 0 unspecified atom stereocenters. The number of aliphatic hydroxyl groups is 6. The first-order chi connectivity index (χ1) is 48.0. The highest BCUT2D eigenvalue weighted by Crippen LogP contribution is 2.42. The van der Waals surface area contributed by atoms with Crippen LogP contribution < -0.4 is 0 Å². The number of hydrogen-bond donors (Lipinski definition) is 6. The van der Waals surface area contributed by atoms with Crippen LogP contribution in [0.2, 0.25) is 0 Å². The second-order valence-corrected chi connectivity index (χ2v) is 25.4. The molecule has 578 valence electrons. The van der Waals surface area contributed by atoms with E-state index in [2.05, 4.69) is 6.58 Å². The fourth-order valence-corrected chi connectivity index (χ4v) is 14.3. The van der Waals surface area contributed by atoms with Gasteiger partial charge in [0, 0.05) is 106 Å². The third-order valence-electron chi connectivity index (χ3n) is 19.2. The molecule has 6 N–H and O–H groups in total. The van der Waals surface area contributed by atoms with Crippen molar-refractivity contribution in [1.82, 2.24) is 0 Å². The van der Waals surface area contributed by atoms with Crippen LogP contribution in [0.15, 0.2) is 12.7 Å². The van der Waals surface area contributed by atoms with Crippen molar-refractivity contribution >= 4 is 0 Å². The van der Waals surface area contributed by atoms with Crippen molar-refractivity contribution in [3.05, 3.63) is 12.7 Å². The number of unbranched alkanes of at least 4 members (excludes halogenated alkanes) is 4. The Balaban J connectivity index is 1.20. The zero-order valence-corrected chi connectivity index (χ0v) is 59.2. The zero-order chi connectivity index (χ0) is 71.6. The molecule has 0 aliphatic carbocycles. The molecule has 0 spiro atoms. The average Bonchev–Trinajstić information content (AvgIpc) is 0.783. The van der Waals surface area contributed by atoms with Crippen LogP contribution in [0, 0.1) is 0 Å². The molecular weight excluding hydrogens is 1330 g/mol. The number of rotatable bonds is 29. The van der Waals surface area contributed by atoms with E-state index in [9.17, 15) is 30.6 Å². The van der Waals surface area contributed by atoms with Gasteiger partial charge in [0.1, 0.15) is 171 Å². The summed E-state index contributed by atoms with van der Waals surface area (Å²) in [6.45, 7) is 2.64. The molecule has 35 atom stereocenters. The van der Waals surface area contributed by atoms with Gasteiger partial charge in [0.05, 0.1) is 46.2 Å². The lowest BCUT2D eigenvalue weighted by atomic mass is 9.94. The van der Waals surface area contributed by atoms with E-state index in [0.29, 0.717) is 6.42 Å². The molecule has 21 fully saturated rings. The number of ether oxygens (including phenoxy) is 29. The van der Waals surface area contributed by atoms with Gasteiger partial charge in [-0.25, -0.2) is 0 Å². The second-order valence-electron chi connectivity index (χ2n) is 25.4. The fourth-order valence-electron chi connectivity index (χ4n) is 14.3. The summed E-state index contributed by atoms with van der Waals surface area (Å²) >= 11 is 0. The van der Waals surface area contributed by atoms with Gasteiger partial charge >= 0.3 is 0 Å². The molecule has 21 heterocycles. The predicted octanol–water partition coefficient (Wildman–Crippen LogP) is -2.91. The lowest BCUT2D eigenvalue weighted by Crippen LogP contribution is -2.69. The van der Waals surface area contributed by atoms with Gasteiger partial charge in [0.25, 0.3) is 0 Å². The first-order valence-electron chi connectivity index (χ1n) is 33.6. The van der Waals surface area contributed by atoms with E-state index in [-0.39, 0.29) is 52.9 Å². The summed E-state index contributed by atoms with van der Waals surface area (Å²) in [6, 6.07) is 0. The minimum Gasteiger partial charge on any atom is -0.387 e. The molecule has 21 saturated heterocycles. The minimum absolute atomic E-state index is 0.139. The Morgan fingerprint density at radius 3 is 0.667 bits per heavy atom. The van der Waals surface area contributed by atoms with Crippen LogP contribution in [-0.4, -0.2) is 398 Å². The number of allylic oxidation sites excluding steroid dienone is 1. The van der Waals surface area contributed by atoms with Gasteiger partial charge in [-0.1, -0.05) is 18.9 Å².